The molecule has 1 unspecified atom stereocenters. The highest BCUT2D eigenvalue weighted by Gasteiger charge is 2.16. The van der Waals surface area contributed by atoms with E-state index in [0.717, 1.165) is 24.8 Å². The molecule has 1 N–H and O–H groups in total. The fraction of sp³-hybridized carbons (Fsp3) is 0.375. The van der Waals surface area contributed by atoms with Gasteiger partial charge in [-0.15, -0.1) is 0 Å². The molecule has 0 amide bonds. The van der Waals surface area contributed by atoms with Crippen molar-refractivity contribution in [3.63, 3.8) is 0 Å². The van der Waals surface area contributed by atoms with Gasteiger partial charge in [0.2, 0.25) is 0 Å². The van der Waals surface area contributed by atoms with Crippen molar-refractivity contribution in [1.29, 1.82) is 0 Å². The molecule has 1 heterocycles. The van der Waals surface area contributed by atoms with Crippen molar-refractivity contribution >= 4 is 0 Å². The minimum Gasteiger partial charge on any atom is -0.469 e. The van der Waals surface area contributed by atoms with Crippen LogP contribution in [0.25, 0.3) is 0 Å². The van der Waals surface area contributed by atoms with Gasteiger partial charge in [-0.25, -0.2) is 8.78 Å². The molecule has 1 atom stereocenters. The summed E-state index contributed by atoms with van der Waals surface area (Å²) in [6, 6.07) is 7.34. The van der Waals surface area contributed by atoms with Gasteiger partial charge in [-0.05, 0) is 37.6 Å². The van der Waals surface area contributed by atoms with E-state index in [-0.39, 0.29) is 6.04 Å². The number of furan rings is 1. The highest BCUT2D eigenvalue weighted by molar-refractivity contribution is 5.22. The zero-order chi connectivity index (χ0) is 14.4. The summed E-state index contributed by atoms with van der Waals surface area (Å²) >= 11 is 0. The predicted octanol–water partition coefficient (Wildman–Crippen LogP) is 4.23. The van der Waals surface area contributed by atoms with Crippen molar-refractivity contribution < 1.29 is 13.2 Å². The first-order valence-corrected chi connectivity index (χ1v) is 6.91. The van der Waals surface area contributed by atoms with Gasteiger partial charge in [0.05, 0.1) is 6.26 Å². The lowest BCUT2D eigenvalue weighted by molar-refractivity contribution is 0.439. The average molecular weight is 279 g/mol. The fourth-order valence-corrected chi connectivity index (χ4v) is 2.21. The van der Waals surface area contributed by atoms with Crippen LogP contribution in [0.2, 0.25) is 0 Å². The molecule has 20 heavy (non-hydrogen) atoms. The monoisotopic (exact) mass is 279 g/mol. The molecule has 2 nitrogen and oxygen atoms in total. The van der Waals surface area contributed by atoms with Crippen LogP contribution >= 0.6 is 0 Å². The molecule has 4 heteroatoms. The molecule has 0 saturated heterocycles. The maximum Gasteiger partial charge on any atom is 0.130 e. The van der Waals surface area contributed by atoms with Gasteiger partial charge in [0.15, 0.2) is 0 Å². The third-order valence-corrected chi connectivity index (χ3v) is 3.24. The van der Waals surface area contributed by atoms with Crippen molar-refractivity contribution in [3.05, 3.63) is 59.6 Å². The average Bonchev–Trinajstić information content (AvgIpc) is 2.93. The van der Waals surface area contributed by atoms with Crippen LogP contribution in [-0.4, -0.2) is 6.54 Å². The molecule has 108 valence electrons. The van der Waals surface area contributed by atoms with Crippen molar-refractivity contribution in [2.75, 3.05) is 6.54 Å². The predicted molar refractivity (Wildman–Crippen MR) is 74.4 cm³/mol. The molecule has 2 rings (SSSR count). The van der Waals surface area contributed by atoms with Gasteiger partial charge in [-0.1, -0.05) is 13.0 Å². The van der Waals surface area contributed by atoms with E-state index in [2.05, 4.69) is 12.2 Å². The van der Waals surface area contributed by atoms with E-state index in [1.165, 1.54) is 12.1 Å². The summed E-state index contributed by atoms with van der Waals surface area (Å²) in [4.78, 5) is 0. The summed E-state index contributed by atoms with van der Waals surface area (Å²) in [5, 5.41) is 3.30. The first-order chi connectivity index (χ1) is 9.70. The minimum atomic E-state index is -0.550. The Labute approximate surface area is 117 Å². The number of benzene rings is 1. The Morgan fingerprint density at radius 1 is 1.25 bits per heavy atom. The zero-order valence-electron chi connectivity index (χ0n) is 11.5. The third-order valence-electron chi connectivity index (χ3n) is 3.24. The maximum absolute atomic E-state index is 13.9. The highest BCUT2D eigenvalue weighted by Crippen LogP contribution is 2.23. The Morgan fingerprint density at radius 2 is 2.10 bits per heavy atom. The summed E-state index contributed by atoms with van der Waals surface area (Å²) in [7, 11) is 0. The molecule has 1 aromatic heterocycles. The quantitative estimate of drug-likeness (QED) is 0.820. The van der Waals surface area contributed by atoms with Crippen molar-refractivity contribution in [2.24, 2.45) is 0 Å². The largest absolute Gasteiger partial charge is 0.469 e. The fourth-order valence-electron chi connectivity index (χ4n) is 2.21. The Balaban J connectivity index is 2.09. The Kier molecular flexibility index (Phi) is 5.30. The summed E-state index contributed by atoms with van der Waals surface area (Å²) in [6.07, 6.45) is 4.00. The second kappa shape index (κ2) is 7.20. The lowest BCUT2D eigenvalue weighted by atomic mass is 10.0. The molecule has 0 radical (unpaired) electrons. The molecule has 0 aliphatic heterocycles. The van der Waals surface area contributed by atoms with Crippen LogP contribution < -0.4 is 5.32 Å². The lowest BCUT2D eigenvalue weighted by Crippen LogP contribution is -2.23. The molecule has 0 spiro atoms. The molecule has 0 fully saturated rings. The normalized spacial score (nSPS) is 12.6. The second-order valence-corrected chi connectivity index (χ2v) is 4.79. The molecule has 0 aliphatic rings. The smallest absolute Gasteiger partial charge is 0.130 e. The highest BCUT2D eigenvalue weighted by atomic mass is 19.1. The third kappa shape index (κ3) is 3.90. The summed E-state index contributed by atoms with van der Waals surface area (Å²) in [6.45, 7) is 2.84. The van der Waals surface area contributed by atoms with Crippen LogP contribution in [0, 0.1) is 11.6 Å². The van der Waals surface area contributed by atoms with Crippen LogP contribution in [0.5, 0.6) is 0 Å². The Hall–Kier alpha value is -1.68. The second-order valence-electron chi connectivity index (χ2n) is 4.79. The molecular formula is C16H19F2NO. The van der Waals surface area contributed by atoms with E-state index in [4.69, 9.17) is 4.42 Å². The standard InChI is InChI=1S/C16H19F2NO/c1-2-9-19-16(8-6-13-4-3-10-20-13)14-7-5-12(17)11-15(14)18/h3-5,7,10-11,16,19H,2,6,8-9H2,1H3. The topological polar surface area (TPSA) is 25.2 Å². The van der Waals surface area contributed by atoms with Crippen LogP contribution in [0.15, 0.2) is 41.0 Å². The molecule has 2 aromatic rings. The van der Waals surface area contributed by atoms with E-state index in [1.807, 2.05) is 12.1 Å². The van der Waals surface area contributed by atoms with Gasteiger partial charge in [-0.3, -0.25) is 0 Å². The van der Waals surface area contributed by atoms with Crippen molar-refractivity contribution in [2.45, 2.75) is 32.2 Å². The number of hydrogen-bond acceptors (Lipinski definition) is 2. The first kappa shape index (κ1) is 14.7. The van der Waals surface area contributed by atoms with E-state index in [9.17, 15) is 8.78 Å². The van der Waals surface area contributed by atoms with Crippen LogP contribution in [0.3, 0.4) is 0 Å². The van der Waals surface area contributed by atoms with E-state index in [0.29, 0.717) is 18.4 Å². The van der Waals surface area contributed by atoms with Crippen molar-refractivity contribution in [3.8, 4) is 0 Å². The Morgan fingerprint density at radius 3 is 2.75 bits per heavy atom. The van der Waals surface area contributed by atoms with E-state index in [1.54, 1.807) is 6.26 Å². The van der Waals surface area contributed by atoms with Gasteiger partial charge >= 0.3 is 0 Å². The number of rotatable bonds is 7. The van der Waals surface area contributed by atoms with Crippen LogP contribution in [0.1, 0.15) is 37.1 Å². The minimum absolute atomic E-state index is 0.138. The number of hydrogen-bond donors (Lipinski definition) is 1. The first-order valence-electron chi connectivity index (χ1n) is 6.91. The SMILES string of the molecule is CCCNC(CCc1ccco1)c1ccc(F)cc1F. The van der Waals surface area contributed by atoms with Gasteiger partial charge in [0, 0.05) is 24.1 Å². The van der Waals surface area contributed by atoms with Crippen LogP contribution in [0.4, 0.5) is 8.78 Å². The van der Waals surface area contributed by atoms with Crippen molar-refractivity contribution in [1.82, 2.24) is 5.32 Å². The molecule has 0 saturated carbocycles. The molecule has 1 aromatic carbocycles. The Bertz CT molecular complexity index is 525. The van der Waals surface area contributed by atoms with Crippen LogP contribution in [-0.2, 0) is 6.42 Å². The zero-order valence-corrected chi connectivity index (χ0v) is 11.5. The van der Waals surface area contributed by atoms with Gasteiger partial charge in [-0.2, -0.15) is 0 Å². The van der Waals surface area contributed by atoms with Gasteiger partial charge < -0.3 is 9.73 Å². The molecule has 0 aliphatic carbocycles. The summed E-state index contributed by atoms with van der Waals surface area (Å²) < 4.78 is 32.2. The number of nitrogens with one attached hydrogen (secondary N) is 1. The van der Waals surface area contributed by atoms with Gasteiger partial charge in [0.25, 0.3) is 0 Å². The summed E-state index contributed by atoms with van der Waals surface area (Å²) in [5.74, 6) is -0.180. The van der Waals surface area contributed by atoms with E-state index < -0.39 is 11.6 Å². The summed E-state index contributed by atoms with van der Waals surface area (Å²) in [5.41, 5.74) is 0.506. The molecule has 0 bridgehead atoms. The lowest BCUT2D eigenvalue weighted by Gasteiger charge is -2.19. The number of aryl methyl sites for hydroxylation is 1. The van der Waals surface area contributed by atoms with E-state index >= 15 is 0 Å². The maximum atomic E-state index is 13.9. The number of halogens is 2. The molecular weight excluding hydrogens is 260 g/mol. The van der Waals surface area contributed by atoms with Gasteiger partial charge in [0.1, 0.15) is 17.4 Å².